The van der Waals surface area contributed by atoms with E-state index >= 15 is 0 Å². The minimum atomic E-state index is -5.35. The topological polar surface area (TPSA) is 52.6 Å². The van der Waals surface area contributed by atoms with Crippen molar-refractivity contribution < 1.29 is 54.2 Å². The van der Waals surface area contributed by atoms with E-state index in [4.69, 9.17) is 0 Å². The van der Waals surface area contributed by atoms with E-state index in [2.05, 4.69) is 9.47 Å². The summed E-state index contributed by atoms with van der Waals surface area (Å²) in [5.41, 5.74) is -3.21. The van der Waals surface area contributed by atoms with Gasteiger partial charge in [-0.05, 0) is 13.8 Å². The van der Waals surface area contributed by atoms with Gasteiger partial charge < -0.3 is 9.47 Å². The van der Waals surface area contributed by atoms with Crippen LogP contribution in [0.3, 0.4) is 0 Å². The molecule has 0 bridgehead atoms. The molecule has 0 amide bonds. The number of carbonyl (C=O) groups is 2. The van der Waals surface area contributed by atoms with E-state index in [0.29, 0.717) is 0 Å². The molecule has 0 heterocycles. The summed E-state index contributed by atoms with van der Waals surface area (Å²) in [6.07, 6.45) is 0. The van der Waals surface area contributed by atoms with Gasteiger partial charge >= 0.3 is 35.6 Å². The van der Waals surface area contributed by atoms with Crippen LogP contribution in [0.4, 0.5) is 35.1 Å². The zero-order valence-electron chi connectivity index (χ0n) is 14.4. The number of halogens is 8. The lowest BCUT2D eigenvalue weighted by atomic mass is 9.96. The molecule has 0 saturated heterocycles. The lowest BCUT2D eigenvalue weighted by Crippen LogP contribution is -2.47. The summed E-state index contributed by atoms with van der Waals surface area (Å²) >= 11 is 0. The second kappa shape index (κ2) is 7.92. The van der Waals surface area contributed by atoms with E-state index in [0.717, 1.165) is 13.8 Å². The van der Waals surface area contributed by atoms with Crippen LogP contribution >= 0.6 is 0 Å². The smallest absolute Gasteiger partial charge is 0.408 e. The molecule has 28 heavy (non-hydrogen) atoms. The molecule has 0 aliphatic carbocycles. The maximum Gasteiger partial charge on any atom is 0.408 e. The molecule has 0 spiro atoms. The van der Waals surface area contributed by atoms with Gasteiger partial charge in [0.2, 0.25) is 0 Å². The Morgan fingerprint density at radius 1 is 0.679 bits per heavy atom. The highest BCUT2D eigenvalue weighted by Crippen LogP contribution is 2.46. The molecule has 0 atom stereocenters. The zero-order chi connectivity index (χ0) is 22.0. The van der Waals surface area contributed by atoms with Gasteiger partial charge in [0, 0.05) is 11.1 Å². The van der Waals surface area contributed by atoms with Crippen LogP contribution in [0, 0.1) is 0 Å². The summed E-state index contributed by atoms with van der Waals surface area (Å²) in [5, 5.41) is 0. The highest BCUT2D eigenvalue weighted by Gasteiger charge is 2.66. The van der Waals surface area contributed by atoms with Crippen LogP contribution in [0.25, 0.3) is 0 Å². The molecule has 0 aliphatic rings. The molecule has 1 aromatic rings. The van der Waals surface area contributed by atoms with E-state index in [1.807, 2.05) is 0 Å². The van der Waals surface area contributed by atoms with Crippen molar-refractivity contribution in [2.45, 2.75) is 37.5 Å². The van der Waals surface area contributed by atoms with Gasteiger partial charge in [0.15, 0.2) is 0 Å². The SMILES string of the molecule is CCOC(=O)C(F)(F)C(F)(F)c1ccc(C(F)(F)C(F)(F)C(=O)OCC)cc1. The fourth-order valence-electron chi connectivity index (χ4n) is 1.95. The number of ether oxygens (including phenoxy) is 2. The highest BCUT2D eigenvalue weighted by molar-refractivity contribution is 5.80. The Hall–Kier alpha value is -2.40. The fourth-order valence-corrected chi connectivity index (χ4v) is 1.95. The average Bonchev–Trinajstić information content (AvgIpc) is 2.61. The number of hydrogen-bond acceptors (Lipinski definition) is 4. The van der Waals surface area contributed by atoms with Gasteiger partial charge in [0.1, 0.15) is 0 Å². The maximum absolute atomic E-state index is 13.9. The highest BCUT2D eigenvalue weighted by atomic mass is 19.3. The molecule has 0 saturated carbocycles. The minimum Gasteiger partial charge on any atom is -0.461 e. The minimum absolute atomic E-state index is 0.0115. The molecule has 0 aliphatic heterocycles. The van der Waals surface area contributed by atoms with Crippen molar-refractivity contribution in [1.82, 2.24) is 0 Å². The summed E-state index contributed by atoms with van der Waals surface area (Å²) in [5.74, 6) is -26.2. The second-order valence-electron chi connectivity index (χ2n) is 5.32. The van der Waals surface area contributed by atoms with Crippen molar-refractivity contribution in [3.63, 3.8) is 0 Å². The number of alkyl halides is 8. The molecule has 0 N–H and O–H groups in total. The van der Waals surface area contributed by atoms with Crippen molar-refractivity contribution in [2.75, 3.05) is 13.2 Å². The van der Waals surface area contributed by atoms with Crippen LogP contribution in [0.15, 0.2) is 24.3 Å². The molecule has 158 valence electrons. The molecule has 0 fully saturated rings. The Morgan fingerprint density at radius 2 is 0.929 bits per heavy atom. The van der Waals surface area contributed by atoms with Crippen LogP contribution in [-0.2, 0) is 30.9 Å². The monoisotopic (exact) mass is 422 g/mol. The number of esters is 2. The molecule has 1 rings (SSSR count). The standard InChI is InChI=1S/C16H14F8O4/c1-3-27-11(25)15(21,22)13(17,18)9-5-7-10(8-6-9)14(19,20)16(23,24)12(26)28-4-2/h5-8H,3-4H2,1-2H3. The van der Waals surface area contributed by atoms with Crippen molar-refractivity contribution >= 4 is 11.9 Å². The zero-order valence-corrected chi connectivity index (χ0v) is 14.4. The predicted octanol–water partition coefficient (Wildman–Crippen LogP) is 4.27. The first-order valence-electron chi connectivity index (χ1n) is 7.64. The van der Waals surface area contributed by atoms with E-state index in [1.54, 1.807) is 0 Å². The Kier molecular flexibility index (Phi) is 6.68. The lowest BCUT2D eigenvalue weighted by molar-refractivity contribution is -0.234. The summed E-state index contributed by atoms with van der Waals surface area (Å²) in [6, 6.07) is 0.0461. The van der Waals surface area contributed by atoms with Gasteiger partial charge in [0.05, 0.1) is 13.2 Å². The van der Waals surface area contributed by atoms with E-state index in [1.165, 1.54) is 0 Å². The fraction of sp³-hybridized carbons (Fsp3) is 0.500. The molecule has 0 radical (unpaired) electrons. The van der Waals surface area contributed by atoms with E-state index < -0.39 is 60.0 Å². The largest absolute Gasteiger partial charge is 0.461 e. The van der Waals surface area contributed by atoms with Crippen LogP contribution in [0.1, 0.15) is 25.0 Å². The van der Waals surface area contributed by atoms with Gasteiger partial charge in [-0.3, -0.25) is 0 Å². The first-order chi connectivity index (χ1) is 12.7. The molecule has 4 nitrogen and oxygen atoms in total. The van der Waals surface area contributed by atoms with Crippen molar-refractivity contribution in [1.29, 1.82) is 0 Å². The van der Waals surface area contributed by atoms with Gasteiger partial charge in [-0.1, -0.05) is 24.3 Å². The van der Waals surface area contributed by atoms with E-state index in [9.17, 15) is 44.7 Å². The summed E-state index contributed by atoms with van der Waals surface area (Å²) < 4.78 is 118. The normalized spacial score (nSPS) is 13.2. The molecular weight excluding hydrogens is 408 g/mol. The Bertz CT molecular complexity index is 655. The quantitative estimate of drug-likeness (QED) is 0.464. The third-order valence-electron chi connectivity index (χ3n) is 3.46. The van der Waals surface area contributed by atoms with Gasteiger partial charge in [-0.15, -0.1) is 0 Å². The third-order valence-corrected chi connectivity index (χ3v) is 3.46. The summed E-state index contributed by atoms with van der Waals surface area (Å²) in [6.45, 7) is 0.927. The maximum atomic E-state index is 13.9. The van der Waals surface area contributed by atoms with Crippen molar-refractivity contribution in [2.24, 2.45) is 0 Å². The Balaban J connectivity index is 3.27. The number of benzene rings is 1. The molecule has 12 heteroatoms. The van der Waals surface area contributed by atoms with Gasteiger partial charge in [-0.25, -0.2) is 9.59 Å². The number of hydrogen-bond donors (Lipinski definition) is 0. The molecule has 0 unspecified atom stereocenters. The van der Waals surface area contributed by atoms with Gasteiger partial charge in [-0.2, -0.15) is 35.1 Å². The van der Waals surface area contributed by atoms with Gasteiger partial charge in [0.25, 0.3) is 0 Å². The lowest BCUT2D eigenvalue weighted by Gasteiger charge is -2.27. The Morgan fingerprint density at radius 3 is 1.14 bits per heavy atom. The van der Waals surface area contributed by atoms with Crippen molar-refractivity contribution in [3.05, 3.63) is 35.4 Å². The average molecular weight is 422 g/mol. The second-order valence-corrected chi connectivity index (χ2v) is 5.32. The number of rotatable bonds is 8. The third kappa shape index (κ3) is 3.90. The predicted molar refractivity (Wildman–Crippen MR) is 77.4 cm³/mol. The summed E-state index contributed by atoms with van der Waals surface area (Å²) in [4.78, 5) is 22.1. The van der Waals surface area contributed by atoms with Crippen molar-refractivity contribution in [3.8, 4) is 0 Å². The van der Waals surface area contributed by atoms with E-state index in [-0.39, 0.29) is 24.3 Å². The molecule has 0 aromatic heterocycles. The first kappa shape index (κ1) is 23.6. The molecule has 1 aromatic carbocycles. The van der Waals surface area contributed by atoms with Crippen LogP contribution in [-0.4, -0.2) is 37.0 Å². The summed E-state index contributed by atoms with van der Waals surface area (Å²) in [7, 11) is 0. The first-order valence-corrected chi connectivity index (χ1v) is 7.64. The number of carbonyl (C=O) groups excluding carboxylic acids is 2. The van der Waals surface area contributed by atoms with Crippen LogP contribution < -0.4 is 0 Å². The van der Waals surface area contributed by atoms with Crippen LogP contribution in [0.5, 0.6) is 0 Å². The Labute approximate surface area is 153 Å². The molecular formula is C16H14F8O4. The van der Waals surface area contributed by atoms with Crippen LogP contribution in [0.2, 0.25) is 0 Å².